The summed E-state index contributed by atoms with van der Waals surface area (Å²) in [5, 5.41) is 2.45. The largest absolute Gasteiger partial charge is 0.404 e. The fourth-order valence-corrected chi connectivity index (χ4v) is 1.11. The van der Waals surface area contributed by atoms with Crippen molar-refractivity contribution < 1.29 is 4.79 Å². The van der Waals surface area contributed by atoms with Gasteiger partial charge in [0.1, 0.15) is 0 Å². The molecule has 0 bridgehead atoms. The quantitative estimate of drug-likeness (QED) is 0.417. The van der Waals surface area contributed by atoms with Crippen molar-refractivity contribution in [2.75, 3.05) is 7.05 Å². The Labute approximate surface area is 77.7 Å². The molecule has 0 spiro atoms. The molecule has 1 fully saturated rings. The summed E-state index contributed by atoms with van der Waals surface area (Å²) in [6.07, 6.45) is 5.45. The van der Waals surface area contributed by atoms with Crippen molar-refractivity contribution >= 4 is 5.91 Å². The number of rotatable bonds is 3. The Morgan fingerprint density at radius 1 is 1.54 bits per heavy atom. The molecule has 0 aromatic rings. The maximum atomic E-state index is 11.0. The topological polar surface area (TPSA) is 81.1 Å². The number of carbonyl (C=O) groups is 1. The number of nitrogens with two attached hydrogens (primary N) is 2. The molecule has 0 aromatic carbocycles. The minimum Gasteiger partial charge on any atom is -0.404 e. The van der Waals surface area contributed by atoms with Crippen molar-refractivity contribution in [2.24, 2.45) is 17.4 Å². The van der Waals surface area contributed by atoms with Crippen LogP contribution in [0.5, 0.6) is 0 Å². The van der Waals surface area contributed by atoms with E-state index in [1.54, 1.807) is 13.1 Å². The van der Waals surface area contributed by atoms with E-state index in [4.69, 9.17) is 11.5 Å². The fourth-order valence-electron chi connectivity index (χ4n) is 1.11. The van der Waals surface area contributed by atoms with Gasteiger partial charge in [-0.15, -0.1) is 0 Å². The van der Waals surface area contributed by atoms with Gasteiger partial charge in [-0.1, -0.05) is 0 Å². The van der Waals surface area contributed by atoms with Gasteiger partial charge in [-0.25, -0.2) is 0 Å². The van der Waals surface area contributed by atoms with Crippen LogP contribution in [0.1, 0.15) is 12.8 Å². The maximum absolute atomic E-state index is 11.0. The Hall–Kier alpha value is -1.45. The van der Waals surface area contributed by atoms with Gasteiger partial charge >= 0.3 is 0 Å². The second-order valence-corrected chi connectivity index (χ2v) is 3.12. The second kappa shape index (κ2) is 3.98. The molecule has 1 amide bonds. The maximum Gasteiger partial charge on any atom is 0.266 e. The predicted molar refractivity (Wildman–Crippen MR) is 51.3 cm³/mol. The summed E-state index contributed by atoms with van der Waals surface area (Å²) in [4.78, 5) is 11.0. The first-order valence-corrected chi connectivity index (χ1v) is 4.30. The highest BCUT2D eigenvalue weighted by Crippen LogP contribution is 2.36. The van der Waals surface area contributed by atoms with Crippen molar-refractivity contribution in [3.05, 3.63) is 23.5 Å². The summed E-state index contributed by atoms with van der Waals surface area (Å²) >= 11 is 0. The molecule has 5 N–H and O–H groups in total. The molecule has 1 rings (SSSR count). The molecule has 0 aromatic heterocycles. The smallest absolute Gasteiger partial charge is 0.266 e. The van der Waals surface area contributed by atoms with E-state index in [1.165, 1.54) is 6.20 Å². The first kappa shape index (κ1) is 9.64. The minimum absolute atomic E-state index is 0.214. The highest BCUT2D eigenvalue weighted by atomic mass is 16.1. The molecule has 1 aliphatic rings. The van der Waals surface area contributed by atoms with Gasteiger partial charge < -0.3 is 16.8 Å². The van der Waals surface area contributed by atoms with E-state index in [0.717, 1.165) is 18.4 Å². The van der Waals surface area contributed by atoms with Crippen LogP contribution in [0.25, 0.3) is 0 Å². The normalized spacial score (nSPS) is 18.5. The predicted octanol–water partition coefficient (Wildman–Crippen LogP) is -0.172. The number of hydrogen-bond donors (Lipinski definition) is 3. The third-order valence-electron chi connectivity index (χ3n) is 2.05. The van der Waals surface area contributed by atoms with Crippen LogP contribution in [0.15, 0.2) is 23.5 Å². The van der Waals surface area contributed by atoms with Crippen LogP contribution in [0.3, 0.4) is 0 Å². The summed E-state index contributed by atoms with van der Waals surface area (Å²) in [7, 11) is 1.55. The molecular formula is C9H15N3O. The minimum atomic E-state index is -0.264. The van der Waals surface area contributed by atoms with Crippen LogP contribution in [0, 0.1) is 5.92 Å². The van der Waals surface area contributed by atoms with Gasteiger partial charge in [-0.05, 0) is 36.6 Å². The van der Waals surface area contributed by atoms with Crippen molar-refractivity contribution in [2.45, 2.75) is 12.8 Å². The highest BCUT2D eigenvalue weighted by molar-refractivity contribution is 5.92. The number of amides is 1. The lowest BCUT2D eigenvalue weighted by Gasteiger charge is -2.01. The van der Waals surface area contributed by atoms with E-state index in [0.29, 0.717) is 5.92 Å². The number of carbonyl (C=O) groups excluding carboxylic acids is 1. The monoisotopic (exact) mass is 181 g/mol. The molecule has 4 nitrogen and oxygen atoms in total. The molecule has 0 unspecified atom stereocenters. The first-order chi connectivity index (χ1) is 6.19. The summed E-state index contributed by atoms with van der Waals surface area (Å²) in [6, 6.07) is 0. The molecule has 72 valence electrons. The van der Waals surface area contributed by atoms with Gasteiger partial charge in [0.2, 0.25) is 0 Å². The molecule has 4 heteroatoms. The second-order valence-electron chi connectivity index (χ2n) is 3.12. The van der Waals surface area contributed by atoms with Gasteiger partial charge in [0.25, 0.3) is 5.91 Å². The zero-order valence-corrected chi connectivity index (χ0v) is 7.71. The average molecular weight is 181 g/mol. The van der Waals surface area contributed by atoms with E-state index in [-0.39, 0.29) is 11.6 Å². The first-order valence-electron chi connectivity index (χ1n) is 4.30. The lowest BCUT2D eigenvalue weighted by atomic mass is 10.1. The number of nitrogens with one attached hydrogen (secondary N) is 1. The van der Waals surface area contributed by atoms with Crippen LogP contribution in [0.2, 0.25) is 0 Å². The van der Waals surface area contributed by atoms with Gasteiger partial charge in [-0.2, -0.15) is 0 Å². The summed E-state index contributed by atoms with van der Waals surface area (Å²) in [5.41, 5.74) is 12.1. The lowest BCUT2D eigenvalue weighted by molar-refractivity contribution is -0.117. The van der Waals surface area contributed by atoms with E-state index in [9.17, 15) is 4.79 Å². The highest BCUT2D eigenvalue weighted by Gasteiger charge is 2.24. The van der Waals surface area contributed by atoms with Gasteiger partial charge in [0.05, 0.1) is 5.70 Å². The van der Waals surface area contributed by atoms with Crippen LogP contribution in [-0.2, 0) is 4.79 Å². The molecule has 0 aliphatic heterocycles. The van der Waals surface area contributed by atoms with E-state index < -0.39 is 0 Å². The van der Waals surface area contributed by atoms with E-state index in [1.807, 2.05) is 0 Å². The molecule has 0 saturated heterocycles. The standard InChI is InChI=1S/C9H15N3O/c1-12-9(13)8(11)4-7(5-10)6-2-3-6/h4-6H,2-3,10-11H2,1H3,(H,12,13)/b7-5+,8-4-. The summed E-state index contributed by atoms with van der Waals surface area (Å²) in [5.74, 6) is 0.244. The molecule has 0 radical (unpaired) electrons. The Balaban J connectivity index is 2.66. The van der Waals surface area contributed by atoms with Crippen LogP contribution >= 0.6 is 0 Å². The van der Waals surface area contributed by atoms with Crippen molar-refractivity contribution in [1.29, 1.82) is 0 Å². The van der Waals surface area contributed by atoms with Gasteiger partial charge in [-0.3, -0.25) is 4.79 Å². The number of hydrogen-bond acceptors (Lipinski definition) is 3. The Bertz CT molecular complexity index is 264. The van der Waals surface area contributed by atoms with Crippen LogP contribution in [0.4, 0.5) is 0 Å². The molecule has 1 aliphatic carbocycles. The summed E-state index contributed by atoms with van der Waals surface area (Å²) < 4.78 is 0. The van der Waals surface area contributed by atoms with Crippen LogP contribution < -0.4 is 16.8 Å². The zero-order valence-electron chi connectivity index (χ0n) is 7.71. The van der Waals surface area contributed by atoms with Crippen molar-refractivity contribution in [3.8, 4) is 0 Å². The fraction of sp³-hybridized carbons (Fsp3) is 0.444. The molecular weight excluding hydrogens is 166 g/mol. The Morgan fingerprint density at radius 3 is 2.54 bits per heavy atom. The van der Waals surface area contributed by atoms with E-state index >= 15 is 0 Å². The Kier molecular flexibility index (Phi) is 2.95. The summed E-state index contributed by atoms with van der Waals surface area (Å²) in [6.45, 7) is 0. The number of allylic oxidation sites excluding steroid dienone is 2. The number of likely N-dealkylation sites (N-methyl/N-ethyl adjacent to an activating group) is 1. The molecule has 0 heterocycles. The van der Waals surface area contributed by atoms with Crippen LogP contribution in [-0.4, -0.2) is 13.0 Å². The average Bonchev–Trinajstić information content (AvgIpc) is 2.95. The lowest BCUT2D eigenvalue weighted by Crippen LogP contribution is -2.24. The molecule has 0 atom stereocenters. The van der Waals surface area contributed by atoms with Crippen molar-refractivity contribution in [3.63, 3.8) is 0 Å². The SMILES string of the molecule is CNC(=O)/C(N)=C/C(=C\N)C1CC1. The van der Waals surface area contributed by atoms with Gasteiger partial charge in [0, 0.05) is 7.05 Å². The van der Waals surface area contributed by atoms with E-state index in [2.05, 4.69) is 5.32 Å². The third kappa shape index (κ3) is 2.50. The van der Waals surface area contributed by atoms with Crippen molar-refractivity contribution in [1.82, 2.24) is 5.32 Å². The molecule has 1 saturated carbocycles. The Morgan fingerprint density at radius 2 is 2.15 bits per heavy atom. The molecule has 13 heavy (non-hydrogen) atoms. The zero-order chi connectivity index (χ0) is 9.84. The van der Waals surface area contributed by atoms with Gasteiger partial charge in [0.15, 0.2) is 0 Å². The third-order valence-corrected chi connectivity index (χ3v) is 2.05.